The molecular formula is C38H45BrN6O7. The molecule has 2 aromatic carbocycles. The number of hydrogen-bond donors (Lipinski definition) is 3. The van der Waals surface area contributed by atoms with Crippen molar-refractivity contribution in [3.05, 3.63) is 65.2 Å². The largest absolute Gasteiger partial charge is 0.497 e. The highest BCUT2D eigenvalue weighted by Crippen LogP contribution is 2.46. The van der Waals surface area contributed by atoms with Crippen LogP contribution in [0.1, 0.15) is 71.8 Å². The van der Waals surface area contributed by atoms with Gasteiger partial charge in [-0.3, -0.25) is 9.59 Å². The van der Waals surface area contributed by atoms with Crippen molar-refractivity contribution in [3.63, 3.8) is 0 Å². The van der Waals surface area contributed by atoms with Gasteiger partial charge in [0.15, 0.2) is 0 Å². The quantitative estimate of drug-likeness (QED) is 0.259. The second-order valence-electron chi connectivity index (χ2n) is 14.7. The number of rotatable bonds is 6. The minimum atomic E-state index is -1.45. The molecule has 13 nitrogen and oxygen atoms in total. The number of allylic oxidation sites excluding steroid dienone is 1. The molecule has 0 spiro atoms. The van der Waals surface area contributed by atoms with E-state index in [1.807, 2.05) is 60.7 Å². The molecule has 3 N–H and O–H groups in total. The van der Waals surface area contributed by atoms with Gasteiger partial charge in [-0.05, 0) is 82.9 Å². The van der Waals surface area contributed by atoms with Crippen LogP contribution in [0.5, 0.6) is 5.75 Å². The summed E-state index contributed by atoms with van der Waals surface area (Å²) in [4.78, 5) is 57.2. The second kappa shape index (κ2) is 15.1. The number of carboxylic acid groups (broad SMARTS) is 1. The zero-order chi connectivity index (χ0) is 37.2. The maximum Gasteiger partial charge on any atom is 0.408 e. The van der Waals surface area contributed by atoms with Crippen LogP contribution in [0.3, 0.4) is 0 Å². The number of hydrogen-bond acceptors (Lipinski definition) is 8. The Bertz CT molecular complexity index is 1850. The second-order valence-corrected chi connectivity index (χ2v) is 15.6. The third-order valence-corrected chi connectivity index (χ3v) is 10.2. The fourth-order valence-corrected chi connectivity index (χ4v) is 7.35. The molecule has 3 heterocycles. The zero-order valence-electron chi connectivity index (χ0n) is 29.8. The number of ether oxygens (including phenoxy) is 2. The minimum Gasteiger partial charge on any atom is -0.497 e. The van der Waals surface area contributed by atoms with Crippen LogP contribution < -0.4 is 15.4 Å². The van der Waals surface area contributed by atoms with Gasteiger partial charge in [-0.1, -0.05) is 53.1 Å². The van der Waals surface area contributed by atoms with Crippen LogP contribution in [-0.2, 0) is 19.1 Å². The number of halogens is 1. The van der Waals surface area contributed by atoms with Gasteiger partial charge in [-0.2, -0.15) is 15.0 Å². The van der Waals surface area contributed by atoms with E-state index in [1.165, 1.54) is 4.90 Å². The summed E-state index contributed by atoms with van der Waals surface area (Å²) in [5.41, 5.74) is 0.573. The fraction of sp³-hybridized carbons (Fsp3) is 0.474. The Labute approximate surface area is 311 Å². The normalized spacial score (nSPS) is 25.8. The summed E-state index contributed by atoms with van der Waals surface area (Å²) < 4.78 is 11.7. The lowest BCUT2D eigenvalue weighted by atomic mass is 10.0. The van der Waals surface area contributed by atoms with E-state index in [4.69, 9.17) is 19.7 Å². The summed E-state index contributed by atoms with van der Waals surface area (Å²) in [5.74, 6) is -1.81. The van der Waals surface area contributed by atoms with Crippen molar-refractivity contribution in [2.75, 3.05) is 13.7 Å². The highest BCUT2D eigenvalue weighted by atomic mass is 79.9. The standard InChI is InChI=1S/C38H45BrN6O7/c1-37(2,3)52-36(50)40-29-14-9-7-5-6-8-12-25-21-38(25,35(48)49)41-33(46)30-20-27(22-44(30)34(29)47)45-42-31(23-15-17-28(51-4)18-16-23)32(43-45)24-11-10-13-26(39)19-24/h8,10-13,15-19,25,27,29-30H,5-7,9,14,20-22H2,1-4H3,(H,40,50)(H,41,46)(H,48,49)/b12-8-/t25?,27-,29?,30?,38?/m1/s1. The van der Waals surface area contributed by atoms with Crippen molar-refractivity contribution in [3.8, 4) is 28.3 Å². The Morgan fingerprint density at radius 1 is 1.04 bits per heavy atom. The number of carbonyl (C=O) groups is 4. The van der Waals surface area contributed by atoms with Crippen LogP contribution >= 0.6 is 15.9 Å². The van der Waals surface area contributed by atoms with Crippen molar-refractivity contribution in [2.45, 2.75) is 95.0 Å². The first-order valence-corrected chi connectivity index (χ1v) is 18.5. The first-order valence-electron chi connectivity index (χ1n) is 17.7. The highest BCUT2D eigenvalue weighted by molar-refractivity contribution is 9.10. The lowest BCUT2D eigenvalue weighted by Gasteiger charge is -2.30. The molecule has 5 atom stereocenters. The Balaban J connectivity index is 1.38. The molecule has 52 heavy (non-hydrogen) atoms. The molecule has 0 bridgehead atoms. The van der Waals surface area contributed by atoms with E-state index in [2.05, 4.69) is 26.6 Å². The molecule has 6 rings (SSSR count). The van der Waals surface area contributed by atoms with Gasteiger partial charge in [0.25, 0.3) is 0 Å². The number of benzene rings is 2. The number of nitrogens with zero attached hydrogens (tertiary/aromatic N) is 4. The molecule has 1 aromatic heterocycles. The van der Waals surface area contributed by atoms with E-state index in [0.717, 1.165) is 34.9 Å². The van der Waals surface area contributed by atoms with E-state index >= 15 is 0 Å². The zero-order valence-corrected chi connectivity index (χ0v) is 31.4. The molecule has 0 radical (unpaired) electrons. The molecule has 3 aromatic rings. The third kappa shape index (κ3) is 8.16. The summed E-state index contributed by atoms with van der Waals surface area (Å²) in [5, 5.41) is 25.7. The minimum absolute atomic E-state index is 0.0570. The number of carboxylic acids is 1. The molecule has 4 unspecified atom stereocenters. The van der Waals surface area contributed by atoms with Gasteiger partial charge < -0.3 is 30.1 Å². The van der Waals surface area contributed by atoms with Gasteiger partial charge in [0.05, 0.1) is 13.2 Å². The molecule has 1 saturated carbocycles. The van der Waals surface area contributed by atoms with Crippen molar-refractivity contribution in [2.24, 2.45) is 5.92 Å². The van der Waals surface area contributed by atoms with Crippen molar-refractivity contribution in [1.82, 2.24) is 30.5 Å². The van der Waals surface area contributed by atoms with Crippen molar-refractivity contribution >= 4 is 39.8 Å². The van der Waals surface area contributed by atoms with Crippen LogP contribution in [0.25, 0.3) is 22.5 Å². The maximum atomic E-state index is 14.5. The number of amides is 3. The summed E-state index contributed by atoms with van der Waals surface area (Å²) >= 11 is 3.56. The number of aliphatic carboxylic acids is 1. The van der Waals surface area contributed by atoms with Crippen LogP contribution in [-0.4, -0.2) is 85.8 Å². The smallest absolute Gasteiger partial charge is 0.408 e. The monoisotopic (exact) mass is 776 g/mol. The average Bonchev–Trinajstić information content (AvgIpc) is 3.40. The predicted molar refractivity (Wildman–Crippen MR) is 196 cm³/mol. The molecule has 3 aliphatic rings. The van der Waals surface area contributed by atoms with Crippen LogP contribution in [0.2, 0.25) is 0 Å². The van der Waals surface area contributed by atoms with E-state index in [0.29, 0.717) is 30.0 Å². The third-order valence-electron chi connectivity index (χ3n) is 9.75. The Kier molecular flexibility index (Phi) is 10.8. The molecular weight excluding hydrogens is 732 g/mol. The van der Waals surface area contributed by atoms with E-state index in [9.17, 15) is 24.3 Å². The topological polar surface area (TPSA) is 165 Å². The average molecular weight is 778 g/mol. The molecule has 1 aliphatic carbocycles. The molecule has 2 fully saturated rings. The molecule has 3 amide bonds. The lowest BCUT2D eigenvalue weighted by Crippen LogP contribution is -2.56. The maximum absolute atomic E-state index is 14.5. The van der Waals surface area contributed by atoms with E-state index < -0.39 is 53.1 Å². The highest BCUT2D eigenvalue weighted by Gasteiger charge is 2.61. The summed E-state index contributed by atoms with van der Waals surface area (Å²) in [6.07, 6.45) is 6.86. The summed E-state index contributed by atoms with van der Waals surface area (Å²) in [7, 11) is 1.60. The van der Waals surface area contributed by atoms with Gasteiger partial charge in [-0.25, -0.2) is 9.59 Å². The van der Waals surface area contributed by atoms with Gasteiger partial charge >= 0.3 is 12.1 Å². The molecule has 2 aliphatic heterocycles. The Morgan fingerprint density at radius 3 is 2.44 bits per heavy atom. The Hall–Kier alpha value is -4.72. The fourth-order valence-electron chi connectivity index (χ4n) is 6.95. The lowest BCUT2D eigenvalue weighted by molar-refractivity contribution is -0.145. The number of methoxy groups -OCH3 is 1. The summed E-state index contributed by atoms with van der Waals surface area (Å²) in [6, 6.07) is 12.6. The van der Waals surface area contributed by atoms with Gasteiger partial charge in [0.2, 0.25) is 11.8 Å². The molecule has 276 valence electrons. The first kappa shape index (κ1) is 37.1. The van der Waals surface area contributed by atoms with Gasteiger partial charge in [0.1, 0.15) is 40.4 Å². The van der Waals surface area contributed by atoms with Gasteiger partial charge in [-0.15, -0.1) is 0 Å². The number of alkyl carbamates (subject to hydrolysis) is 1. The van der Waals surface area contributed by atoms with Crippen LogP contribution in [0.4, 0.5) is 4.79 Å². The molecule has 1 saturated heterocycles. The number of nitrogens with one attached hydrogen (secondary N) is 2. The van der Waals surface area contributed by atoms with Crippen molar-refractivity contribution < 1.29 is 33.8 Å². The van der Waals surface area contributed by atoms with Crippen molar-refractivity contribution in [1.29, 1.82) is 0 Å². The van der Waals surface area contributed by atoms with Gasteiger partial charge in [0, 0.05) is 34.5 Å². The van der Waals surface area contributed by atoms with Crippen LogP contribution in [0, 0.1) is 5.92 Å². The van der Waals surface area contributed by atoms with E-state index in [-0.39, 0.29) is 25.3 Å². The first-order chi connectivity index (χ1) is 24.8. The predicted octanol–water partition coefficient (Wildman–Crippen LogP) is 5.90. The van der Waals surface area contributed by atoms with E-state index in [1.54, 1.807) is 32.7 Å². The molecule has 14 heteroatoms. The number of fused-ring (bicyclic) bond motifs is 2. The Morgan fingerprint density at radius 2 is 1.77 bits per heavy atom. The number of carbonyl (C=O) groups excluding carboxylic acids is 3. The number of aromatic nitrogens is 3. The summed E-state index contributed by atoms with van der Waals surface area (Å²) in [6.45, 7) is 5.29. The SMILES string of the molecule is COc1ccc(-c2nn([C@@H]3CC4C(=O)NC5(C(=O)O)CC5/C=C\CCCCCC(NC(=O)OC(C)(C)C)C(=O)N4C3)nc2-c2cccc(Br)c2)cc1. The van der Waals surface area contributed by atoms with Crippen LogP contribution in [0.15, 0.2) is 65.2 Å².